The van der Waals surface area contributed by atoms with Crippen molar-refractivity contribution in [1.29, 1.82) is 0 Å². The highest BCUT2D eigenvalue weighted by Gasteiger charge is 2.04. The molecule has 1 aromatic heterocycles. The molecule has 4 nitrogen and oxygen atoms in total. The Morgan fingerprint density at radius 2 is 1.95 bits per heavy atom. The summed E-state index contributed by atoms with van der Waals surface area (Å²) in [4.78, 5) is 4.51. The van der Waals surface area contributed by atoms with Crippen LogP contribution in [0.2, 0.25) is 0 Å². The Hall–Kier alpha value is -2.66. The summed E-state index contributed by atoms with van der Waals surface area (Å²) in [6.45, 7) is 1.88. The molecule has 0 amide bonds. The summed E-state index contributed by atoms with van der Waals surface area (Å²) in [6.07, 6.45) is 0. The van der Waals surface area contributed by atoms with Crippen LogP contribution in [-0.4, -0.2) is 15.8 Å². The minimum Gasteiger partial charge on any atom is -0.508 e. The number of aromatic nitrogens is 1. The summed E-state index contributed by atoms with van der Waals surface area (Å²) >= 11 is 1.51. The number of thiazole rings is 1. The number of benzene rings is 2. The SMILES string of the molecule is CC(=NNc1nc(-c2ccccc2)cs1)c1cccc(O)c1. The molecule has 0 spiro atoms. The molecule has 0 aliphatic heterocycles. The number of rotatable bonds is 4. The van der Waals surface area contributed by atoms with E-state index in [1.165, 1.54) is 11.3 Å². The van der Waals surface area contributed by atoms with E-state index in [9.17, 15) is 5.11 Å². The maximum atomic E-state index is 9.49. The van der Waals surface area contributed by atoms with Crippen LogP contribution < -0.4 is 5.43 Å². The predicted molar refractivity (Wildman–Crippen MR) is 91.5 cm³/mol. The Balaban J connectivity index is 1.74. The number of nitrogens with zero attached hydrogens (tertiary/aromatic N) is 2. The van der Waals surface area contributed by atoms with Crippen LogP contribution in [0.3, 0.4) is 0 Å². The fourth-order valence-corrected chi connectivity index (χ4v) is 2.66. The molecule has 0 atom stereocenters. The Kier molecular flexibility index (Phi) is 4.16. The van der Waals surface area contributed by atoms with E-state index in [0.717, 1.165) is 27.7 Å². The van der Waals surface area contributed by atoms with Gasteiger partial charge in [-0.25, -0.2) is 4.98 Å². The number of hydrogen-bond donors (Lipinski definition) is 2. The lowest BCUT2D eigenvalue weighted by Gasteiger charge is -2.01. The fourth-order valence-electron chi connectivity index (χ4n) is 1.99. The van der Waals surface area contributed by atoms with Crippen LogP contribution in [0.25, 0.3) is 11.3 Å². The summed E-state index contributed by atoms with van der Waals surface area (Å²) in [7, 11) is 0. The van der Waals surface area contributed by atoms with E-state index in [-0.39, 0.29) is 5.75 Å². The summed E-state index contributed by atoms with van der Waals surface area (Å²) in [5.41, 5.74) is 6.63. The molecule has 22 heavy (non-hydrogen) atoms. The molecule has 5 heteroatoms. The van der Waals surface area contributed by atoms with E-state index in [1.54, 1.807) is 18.2 Å². The molecule has 0 aliphatic carbocycles. The Morgan fingerprint density at radius 3 is 2.73 bits per heavy atom. The van der Waals surface area contributed by atoms with Crippen LogP contribution in [0.5, 0.6) is 5.75 Å². The van der Waals surface area contributed by atoms with Crippen molar-refractivity contribution in [3.63, 3.8) is 0 Å². The highest BCUT2D eigenvalue weighted by molar-refractivity contribution is 7.14. The van der Waals surface area contributed by atoms with E-state index in [0.29, 0.717) is 0 Å². The van der Waals surface area contributed by atoms with Gasteiger partial charge < -0.3 is 5.11 Å². The second kappa shape index (κ2) is 6.41. The summed E-state index contributed by atoms with van der Waals surface area (Å²) in [5.74, 6) is 0.229. The first kappa shape index (κ1) is 14.3. The van der Waals surface area contributed by atoms with E-state index in [2.05, 4.69) is 15.5 Å². The van der Waals surface area contributed by atoms with Gasteiger partial charge in [0.2, 0.25) is 5.13 Å². The second-order valence-electron chi connectivity index (χ2n) is 4.76. The van der Waals surface area contributed by atoms with Gasteiger partial charge in [0.25, 0.3) is 0 Å². The zero-order chi connectivity index (χ0) is 15.4. The normalized spacial score (nSPS) is 11.4. The zero-order valence-corrected chi connectivity index (χ0v) is 12.8. The van der Waals surface area contributed by atoms with Crippen molar-refractivity contribution < 1.29 is 5.11 Å². The van der Waals surface area contributed by atoms with Crippen LogP contribution in [-0.2, 0) is 0 Å². The number of phenols is 1. The van der Waals surface area contributed by atoms with Gasteiger partial charge in [0, 0.05) is 16.5 Å². The van der Waals surface area contributed by atoms with Gasteiger partial charge >= 0.3 is 0 Å². The second-order valence-corrected chi connectivity index (χ2v) is 5.62. The number of phenolic OH excluding ortho intramolecular Hbond substituents is 1. The van der Waals surface area contributed by atoms with E-state index >= 15 is 0 Å². The maximum Gasteiger partial charge on any atom is 0.203 e. The molecule has 0 saturated carbocycles. The minimum absolute atomic E-state index is 0.229. The smallest absolute Gasteiger partial charge is 0.203 e. The lowest BCUT2D eigenvalue weighted by molar-refractivity contribution is 0.475. The summed E-state index contributed by atoms with van der Waals surface area (Å²) in [6, 6.07) is 17.0. The summed E-state index contributed by atoms with van der Waals surface area (Å²) < 4.78 is 0. The molecule has 0 saturated heterocycles. The van der Waals surface area contributed by atoms with E-state index in [4.69, 9.17) is 0 Å². The molecular formula is C17H15N3OS. The molecule has 3 aromatic rings. The Labute approximate surface area is 132 Å². The third-order valence-corrected chi connectivity index (χ3v) is 3.90. The quantitative estimate of drug-likeness (QED) is 0.556. The number of hydrogen-bond acceptors (Lipinski definition) is 5. The average Bonchev–Trinajstić information content (AvgIpc) is 3.02. The lowest BCUT2D eigenvalue weighted by Crippen LogP contribution is -1.99. The number of anilines is 1. The number of aromatic hydroxyl groups is 1. The first-order valence-corrected chi connectivity index (χ1v) is 7.71. The molecule has 0 aliphatic rings. The van der Waals surface area contributed by atoms with Crippen LogP contribution in [0.15, 0.2) is 65.1 Å². The first-order valence-electron chi connectivity index (χ1n) is 6.83. The predicted octanol–water partition coefficient (Wildman–Crippen LogP) is 4.35. The average molecular weight is 309 g/mol. The molecule has 110 valence electrons. The highest BCUT2D eigenvalue weighted by Crippen LogP contribution is 2.24. The van der Waals surface area contributed by atoms with Gasteiger partial charge in [-0.3, -0.25) is 5.43 Å². The van der Waals surface area contributed by atoms with Gasteiger partial charge in [-0.15, -0.1) is 11.3 Å². The van der Waals surface area contributed by atoms with Crippen molar-refractivity contribution in [2.45, 2.75) is 6.92 Å². The lowest BCUT2D eigenvalue weighted by atomic mass is 10.1. The largest absolute Gasteiger partial charge is 0.508 e. The van der Waals surface area contributed by atoms with Crippen LogP contribution in [0, 0.1) is 0 Å². The monoisotopic (exact) mass is 309 g/mol. The molecule has 0 radical (unpaired) electrons. The molecule has 0 fully saturated rings. The maximum absolute atomic E-state index is 9.49. The standard InChI is InChI=1S/C17H15N3OS/c1-12(14-8-5-9-15(21)10-14)19-20-17-18-16(11-22-17)13-6-3-2-4-7-13/h2-11,21H,1H3,(H,18,20). The zero-order valence-electron chi connectivity index (χ0n) is 12.0. The molecule has 0 bridgehead atoms. The number of hydrazone groups is 1. The molecular weight excluding hydrogens is 294 g/mol. The van der Waals surface area contributed by atoms with Gasteiger partial charge in [-0.05, 0) is 19.1 Å². The van der Waals surface area contributed by atoms with Crippen LogP contribution in [0.4, 0.5) is 5.13 Å². The molecule has 2 aromatic carbocycles. The van der Waals surface area contributed by atoms with Crippen LogP contribution >= 0.6 is 11.3 Å². The van der Waals surface area contributed by atoms with Crippen molar-refractivity contribution in [1.82, 2.24) is 4.98 Å². The topological polar surface area (TPSA) is 57.5 Å². The van der Waals surface area contributed by atoms with Gasteiger partial charge in [0.1, 0.15) is 5.75 Å². The third-order valence-electron chi connectivity index (χ3n) is 3.16. The van der Waals surface area contributed by atoms with Crippen LogP contribution in [0.1, 0.15) is 12.5 Å². The summed E-state index contributed by atoms with van der Waals surface area (Å²) in [5, 5.41) is 16.5. The highest BCUT2D eigenvalue weighted by atomic mass is 32.1. The van der Waals surface area contributed by atoms with E-state index in [1.807, 2.05) is 48.7 Å². The number of nitrogens with one attached hydrogen (secondary N) is 1. The van der Waals surface area contributed by atoms with Gasteiger partial charge in [-0.2, -0.15) is 5.10 Å². The van der Waals surface area contributed by atoms with Gasteiger partial charge in [0.05, 0.1) is 11.4 Å². The Morgan fingerprint density at radius 1 is 1.14 bits per heavy atom. The van der Waals surface area contributed by atoms with Crippen molar-refractivity contribution >= 4 is 22.2 Å². The molecule has 1 heterocycles. The molecule has 3 rings (SSSR count). The third kappa shape index (κ3) is 3.32. The van der Waals surface area contributed by atoms with Crippen molar-refractivity contribution in [3.8, 4) is 17.0 Å². The molecule has 2 N–H and O–H groups in total. The fraction of sp³-hybridized carbons (Fsp3) is 0.0588. The first-order chi connectivity index (χ1) is 10.7. The van der Waals surface area contributed by atoms with Crippen molar-refractivity contribution in [2.24, 2.45) is 5.10 Å². The van der Waals surface area contributed by atoms with E-state index < -0.39 is 0 Å². The molecule has 0 unspecified atom stereocenters. The van der Waals surface area contributed by atoms with Crippen molar-refractivity contribution in [2.75, 3.05) is 5.43 Å². The Bertz CT molecular complexity index is 796. The van der Waals surface area contributed by atoms with Crippen molar-refractivity contribution in [3.05, 3.63) is 65.5 Å². The minimum atomic E-state index is 0.229. The van der Waals surface area contributed by atoms with Gasteiger partial charge in [0.15, 0.2) is 0 Å². The van der Waals surface area contributed by atoms with Gasteiger partial charge in [-0.1, -0.05) is 42.5 Å².